The topological polar surface area (TPSA) is 66.8 Å². The summed E-state index contributed by atoms with van der Waals surface area (Å²) in [6.07, 6.45) is 4.18. The molecule has 0 aromatic rings. The number of ether oxygens (including phenoxy) is 1. The van der Waals surface area contributed by atoms with Gasteiger partial charge in [-0.2, -0.15) is 0 Å². The van der Waals surface area contributed by atoms with E-state index in [0.717, 1.165) is 39.0 Å². The smallest absolute Gasteiger partial charge is 0.307 e. The maximum Gasteiger partial charge on any atom is 0.307 e. The molecule has 0 bridgehead atoms. The molecule has 2 aliphatic rings. The molecular weight excluding hydrogens is 246 g/mol. The molecule has 1 aliphatic heterocycles. The first kappa shape index (κ1) is 14.3. The largest absolute Gasteiger partial charge is 0.481 e. The fraction of sp³-hybridized carbons (Fsp3) is 0.857. The lowest BCUT2D eigenvalue weighted by atomic mass is 9.93. The van der Waals surface area contributed by atoms with E-state index in [4.69, 9.17) is 9.84 Å². The third kappa shape index (κ3) is 3.47. The van der Waals surface area contributed by atoms with Gasteiger partial charge in [-0.25, -0.2) is 0 Å². The number of hydrogen-bond donors (Lipinski definition) is 1. The van der Waals surface area contributed by atoms with Crippen LogP contribution in [0.4, 0.5) is 0 Å². The molecule has 0 aromatic heterocycles. The number of rotatable bonds is 4. The fourth-order valence-corrected chi connectivity index (χ4v) is 3.24. The van der Waals surface area contributed by atoms with Gasteiger partial charge in [-0.3, -0.25) is 9.59 Å². The molecule has 1 saturated carbocycles. The summed E-state index contributed by atoms with van der Waals surface area (Å²) in [6, 6.07) is 0. The Bertz CT molecular complexity index is 338. The minimum Gasteiger partial charge on any atom is -0.481 e. The maximum atomic E-state index is 12.4. The van der Waals surface area contributed by atoms with Crippen LogP contribution in [-0.4, -0.2) is 48.7 Å². The summed E-state index contributed by atoms with van der Waals surface area (Å²) < 4.78 is 5.31. The Hall–Kier alpha value is -1.10. The van der Waals surface area contributed by atoms with Crippen molar-refractivity contribution < 1.29 is 19.4 Å². The van der Waals surface area contributed by atoms with Gasteiger partial charge < -0.3 is 14.7 Å². The molecule has 2 fully saturated rings. The molecule has 1 N–H and O–H groups in total. The SMILES string of the molecule is CN(CC1CCOCC1)C(=O)C1CCCC1C(=O)O. The predicted molar refractivity (Wildman–Crippen MR) is 69.6 cm³/mol. The number of aliphatic carboxylic acids is 1. The molecule has 5 nitrogen and oxygen atoms in total. The van der Waals surface area contributed by atoms with E-state index >= 15 is 0 Å². The van der Waals surface area contributed by atoms with Crippen molar-refractivity contribution in [3.05, 3.63) is 0 Å². The average Bonchev–Trinajstić information content (AvgIpc) is 2.88. The van der Waals surface area contributed by atoms with Crippen LogP contribution in [0.15, 0.2) is 0 Å². The highest BCUT2D eigenvalue weighted by atomic mass is 16.5. The standard InChI is InChI=1S/C14H23NO4/c1-15(9-10-5-7-19-8-6-10)13(16)11-3-2-4-12(11)14(17)18/h10-12H,2-9H2,1H3,(H,17,18). The van der Waals surface area contributed by atoms with Crippen LogP contribution in [0.25, 0.3) is 0 Å². The zero-order chi connectivity index (χ0) is 13.8. The van der Waals surface area contributed by atoms with E-state index in [1.54, 1.807) is 11.9 Å². The van der Waals surface area contributed by atoms with Crippen molar-refractivity contribution >= 4 is 11.9 Å². The highest BCUT2D eigenvalue weighted by molar-refractivity contribution is 5.85. The van der Waals surface area contributed by atoms with Crippen LogP contribution in [0.3, 0.4) is 0 Å². The molecule has 0 spiro atoms. The molecule has 0 radical (unpaired) electrons. The Labute approximate surface area is 113 Å². The van der Waals surface area contributed by atoms with E-state index in [1.807, 2.05) is 0 Å². The Kier molecular flexibility index (Phi) is 4.80. The normalized spacial score (nSPS) is 28.3. The molecule has 108 valence electrons. The number of carboxylic acids is 1. The highest BCUT2D eigenvalue weighted by Crippen LogP contribution is 2.33. The zero-order valence-corrected chi connectivity index (χ0v) is 11.5. The summed E-state index contributed by atoms with van der Waals surface area (Å²) in [4.78, 5) is 25.2. The molecule has 1 heterocycles. The first-order chi connectivity index (χ1) is 9.09. The maximum absolute atomic E-state index is 12.4. The molecule has 0 aromatic carbocycles. The van der Waals surface area contributed by atoms with Gasteiger partial charge in [0.05, 0.1) is 11.8 Å². The van der Waals surface area contributed by atoms with Gasteiger partial charge in [-0.1, -0.05) is 6.42 Å². The monoisotopic (exact) mass is 269 g/mol. The second-order valence-corrected chi connectivity index (χ2v) is 5.76. The summed E-state index contributed by atoms with van der Waals surface area (Å²) in [6.45, 7) is 2.27. The van der Waals surface area contributed by atoms with Gasteiger partial charge >= 0.3 is 5.97 Å². The van der Waals surface area contributed by atoms with Crippen molar-refractivity contribution in [3.8, 4) is 0 Å². The van der Waals surface area contributed by atoms with E-state index in [2.05, 4.69) is 0 Å². The van der Waals surface area contributed by atoms with Crippen LogP contribution in [0.5, 0.6) is 0 Å². The first-order valence-corrected chi connectivity index (χ1v) is 7.15. The Balaban J connectivity index is 1.89. The minimum atomic E-state index is -0.824. The molecular formula is C14H23NO4. The van der Waals surface area contributed by atoms with Crippen LogP contribution in [0.1, 0.15) is 32.1 Å². The van der Waals surface area contributed by atoms with Crippen molar-refractivity contribution in [1.29, 1.82) is 0 Å². The van der Waals surface area contributed by atoms with Crippen LogP contribution in [0, 0.1) is 17.8 Å². The third-order valence-corrected chi connectivity index (χ3v) is 4.40. The van der Waals surface area contributed by atoms with Crippen LogP contribution in [0.2, 0.25) is 0 Å². The van der Waals surface area contributed by atoms with Crippen molar-refractivity contribution in [2.24, 2.45) is 17.8 Å². The van der Waals surface area contributed by atoms with Gasteiger partial charge in [0.25, 0.3) is 0 Å². The van der Waals surface area contributed by atoms with Gasteiger partial charge in [0.2, 0.25) is 5.91 Å². The number of hydrogen-bond acceptors (Lipinski definition) is 3. The Morgan fingerprint density at radius 1 is 1.16 bits per heavy atom. The number of carbonyl (C=O) groups excluding carboxylic acids is 1. The molecule has 2 unspecified atom stereocenters. The second-order valence-electron chi connectivity index (χ2n) is 5.76. The van der Waals surface area contributed by atoms with Gasteiger partial charge in [-0.05, 0) is 31.6 Å². The fourth-order valence-electron chi connectivity index (χ4n) is 3.24. The van der Waals surface area contributed by atoms with Gasteiger partial charge in [0.1, 0.15) is 0 Å². The summed E-state index contributed by atoms with van der Waals surface area (Å²) in [5.74, 6) is -1.12. The van der Waals surface area contributed by atoms with E-state index in [0.29, 0.717) is 18.8 Å². The van der Waals surface area contributed by atoms with Crippen molar-refractivity contribution in [1.82, 2.24) is 4.90 Å². The summed E-state index contributed by atoms with van der Waals surface area (Å²) in [5.41, 5.74) is 0. The summed E-state index contributed by atoms with van der Waals surface area (Å²) >= 11 is 0. The number of amides is 1. The van der Waals surface area contributed by atoms with E-state index in [1.165, 1.54) is 0 Å². The lowest BCUT2D eigenvalue weighted by Gasteiger charge is -2.29. The zero-order valence-electron chi connectivity index (χ0n) is 11.5. The molecule has 1 saturated heterocycles. The Morgan fingerprint density at radius 2 is 1.79 bits per heavy atom. The van der Waals surface area contributed by atoms with E-state index in [9.17, 15) is 9.59 Å². The van der Waals surface area contributed by atoms with Gasteiger partial charge in [0, 0.05) is 26.8 Å². The second kappa shape index (κ2) is 6.37. The van der Waals surface area contributed by atoms with E-state index < -0.39 is 11.9 Å². The molecule has 2 atom stereocenters. The third-order valence-electron chi connectivity index (χ3n) is 4.40. The first-order valence-electron chi connectivity index (χ1n) is 7.15. The molecule has 2 rings (SSSR count). The van der Waals surface area contributed by atoms with Crippen molar-refractivity contribution in [3.63, 3.8) is 0 Å². The summed E-state index contributed by atoms with van der Waals surface area (Å²) in [7, 11) is 1.80. The number of carbonyl (C=O) groups is 2. The van der Waals surface area contributed by atoms with Crippen LogP contribution < -0.4 is 0 Å². The predicted octanol–water partition coefficient (Wildman–Crippen LogP) is 1.37. The molecule has 5 heteroatoms. The van der Waals surface area contributed by atoms with Gasteiger partial charge in [-0.15, -0.1) is 0 Å². The van der Waals surface area contributed by atoms with Crippen LogP contribution in [-0.2, 0) is 14.3 Å². The number of nitrogens with zero attached hydrogens (tertiary/aromatic N) is 1. The van der Waals surface area contributed by atoms with Crippen LogP contribution >= 0.6 is 0 Å². The molecule has 19 heavy (non-hydrogen) atoms. The molecule has 1 aliphatic carbocycles. The average molecular weight is 269 g/mol. The Morgan fingerprint density at radius 3 is 2.42 bits per heavy atom. The lowest BCUT2D eigenvalue weighted by molar-refractivity contribution is -0.148. The lowest BCUT2D eigenvalue weighted by Crippen LogP contribution is -2.40. The van der Waals surface area contributed by atoms with E-state index in [-0.39, 0.29) is 11.8 Å². The quantitative estimate of drug-likeness (QED) is 0.837. The summed E-state index contributed by atoms with van der Waals surface area (Å²) in [5, 5.41) is 9.15. The molecule has 1 amide bonds. The minimum absolute atomic E-state index is 0.0105. The number of carboxylic acid groups (broad SMARTS) is 1. The van der Waals surface area contributed by atoms with Crippen molar-refractivity contribution in [2.75, 3.05) is 26.8 Å². The van der Waals surface area contributed by atoms with Gasteiger partial charge in [0.15, 0.2) is 0 Å². The van der Waals surface area contributed by atoms with Crippen molar-refractivity contribution in [2.45, 2.75) is 32.1 Å². The highest BCUT2D eigenvalue weighted by Gasteiger charge is 2.39.